The molecular formula is C17H17Br2ClFN3O. The first kappa shape index (κ1) is 18.9. The van der Waals surface area contributed by atoms with Crippen LogP contribution in [0.3, 0.4) is 0 Å². The lowest BCUT2D eigenvalue weighted by atomic mass is 10.1. The number of rotatable bonds is 4. The lowest BCUT2D eigenvalue weighted by molar-refractivity contribution is -0.120. The van der Waals surface area contributed by atoms with Crippen molar-refractivity contribution in [3.05, 3.63) is 46.0 Å². The minimum Gasteiger partial charge on any atom is -0.322 e. The van der Waals surface area contributed by atoms with Gasteiger partial charge in [-0.3, -0.25) is 9.48 Å². The zero-order chi connectivity index (χ0) is 18.6. The first-order valence-electron chi connectivity index (χ1n) is 7.73. The summed E-state index contributed by atoms with van der Waals surface area (Å²) in [6.45, 7) is 5.74. The van der Waals surface area contributed by atoms with E-state index < -0.39 is 5.41 Å². The van der Waals surface area contributed by atoms with Crippen LogP contribution < -0.4 is 5.32 Å². The van der Waals surface area contributed by atoms with Crippen LogP contribution in [0.5, 0.6) is 0 Å². The van der Waals surface area contributed by atoms with E-state index in [4.69, 9.17) is 11.6 Å². The minimum atomic E-state index is -0.525. The number of amides is 1. The van der Waals surface area contributed by atoms with Gasteiger partial charge in [-0.05, 0) is 39.3 Å². The van der Waals surface area contributed by atoms with Crippen LogP contribution >= 0.6 is 43.5 Å². The number of nitrogens with one attached hydrogen (secondary N) is 1. The van der Waals surface area contributed by atoms with Crippen molar-refractivity contribution in [2.24, 2.45) is 5.41 Å². The van der Waals surface area contributed by atoms with Gasteiger partial charge in [0.05, 0.1) is 32.3 Å². The molecule has 3 rings (SSSR count). The van der Waals surface area contributed by atoms with E-state index in [9.17, 15) is 9.18 Å². The Morgan fingerprint density at radius 2 is 2.08 bits per heavy atom. The number of carbonyl (C=O) groups excluding carboxylic acids is 1. The topological polar surface area (TPSA) is 46.9 Å². The third-order valence-electron chi connectivity index (χ3n) is 4.75. The van der Waals surface area contributed by atoms with Crippen LogP contribution in [0.1, 0.15) is 30.3 Å². The van der Waals surface area contributed by atoms with Gasteiger partial charge in [0, 0.05) is 10.6 Å². The van der Waals surface area contributed by atoms with Crippen molar-refractivity contribution in [1.82, 2.24) is 9.78 Å². The summed E-state index contributed by atoms with van der Waals surface area (Å²) in [5, 5.41) is 7.75. The molecule has 4 nitrogen and oxygen atoms in total. The zero-order valence-electron chi connectivity index (χ0n) is 14.0. The number of aryl methyl sites for hydroxylation is 1. The lowest BCUT2D eigenvalue weighted by Crippen LogP contribution is -2.26. The van der Waals surface area contributed by atoms with Crippen LogP contribution in [0.15, 0.2) is 18.2 Å². The summed E-state index contributed by atoms with van der Waals surface area (Å²) >= 11 is 13.1. The fraction of sp³-hybridized carbons (Fsp3) is 0.412. The van der Waals surface area contributed by atoms with E-state index in [1.165, 1.54) is 6.07 Å². The van der Waals surface area contributed by atoms with Gasteiger partial charge in [0.25, 0.3) is 0 Å². The molecule has 1 aromatic heterocycles. The van der Waals surface area contributed by atoms with Crippen LogP contribution in [0.25, 0.3) is 0 Å². The SMILES string of the molecule is Cc1nn(Cc2c(F)cccc2Cl)c(C)c1NC(=O)[C@]1(C)CC1(Br)Br. The maximum Gasteiger partial charge on any atom is 0.232 e. The first-order chi connectivity index (χ1) is 11.6. The van der Waals surface area contributed by atoms with Crippen LogP contribution in [0.2, 0.25) is 5.02 Å². The predicted octanol–water partition coefficient (Wildman–Crippen LogP) is 5.18. The second-order valence-electron chi connectivity index (χ2n) is 6.57. The van der Waals surface area contributed by atoms with Crippen LogP contribution in [-0.4, -0.2) is 18.9 Å². The molecule has 134 valence electrons. The smallest absolute Gasteiger partial charge is 0.232 e. The molecule has 1 aliphatic carbocycles. The van der Waals surface area contributed by atoms with E-state index >= 15 is 0 Å². The summed E-state index contributed by atoms with van der Waals surface area (Å²) in [6.07, 6.45) is 0.697. The van der Waals surface area contributed by atoms with E-state index in [-0.39, 0.29) is 21.5 Å². The average molecular weight is 494 g/mol. The molecule has 1 heterocycles. The molecule has 25 heavy (non-hydrogen) atoms. The number of alkyl halides is 2. The number of hydrogen-bond donors (Lipinski definition) is 1. The summed E-state index contributed by atoms with van der Waals surface area (Å²) in [4.78, 5) is 12.6. The Bertz CT molecular complexity index is 848. The number of carbonyl (C=O) groups is 1. The fourth-order valence-corrected chi connectivity index (χ4v) is 4.47. The van der Waals surface area contributed by atoms with E-state index in [2.05, 4.69) is 42.3 Å². The van der Waals surface area contributed by atoms with Crippen molar-refractivity contribution < 1.29 is 9.18 Å². The highest BCUT2D eigenvalue weighted by Crippen LogP contribution is 2.66. The molecule has 1 amide bonds. The third-order valence-corrected chi connectivity index (χ3v) is 7.41. The Morgan fingerprint density at radius 3 is 2.64 bits per heavy atom. The summed E-state index contributed by atoms with van der Waals surface area (Å²) < 4.78 is 15.3. The van der Waals surface area contributed by atoms with Crippen LogP contribution in [0, 0.1) is 25.1 Å². The molecule has 0 unspecified atom stereocenters. The predicted molar refractivity (Wildman–Crippen MR) is 104 cm³/mol. The summed E-state index contributed by atoms with van der Waals surface area (Å²) in [7, 11) is 0. The maximum absolute atomic E-state index is 14.0. The van der Waals surface area contributed by atoms with Crippen molar-refractivity contribution in [3.63, 3.8) is 0 Å². The average Bonchev–Trinajstić information content (AvgIpc) is 2.94. The summed E-state index contributed by atoms with van der Waals surface area (Å²) in [5.41, 5.74) is 1.94. The highest BCUT2D eigenvalue weighted by molar-refractivity contribution is 9.25. The molecule has 1 atom stereocenters. The number of aromatic nitrogens is 2. The van der Waals surface area contributed by atoms with E-state index in [1.807, 2.05) is 20.8 Å². The fourth-order valence-electron chi connectivity index (χ4n) is 2.76. The maximum atomic E-state index is 14.0. The third kappa shape index (κ3) is 3.26. The van der Waals surface area contributed by atoms with Crippen molar-refractivity contribution in [2.75, 3.05) is 5.32 Å². The van der Waals surface area contributed by atoms with Crippen molar-refractivity contribution in [3.8, 4) is 0 Å². The van der Waals surface area contributed by atoms with E-state index in [0.717, 1.165) is 5.69 Å². The Hall–Kier alpha value is -0.920. The van der Waals surface area contributed by atoms with Gasteiger partial charge in [-0.25, -0.2) is 4.39 Å². The Morgan fingerprint density at radius 1 is 1.44 bits per heavy atom. The van der Waals surface area contributed by atoms with Gasteiger partial charge in [0.1, 0.15) is 5.82 Å². The van der Waals surface area contributed by atoms with Gasteiger partial charge in [0.15, 0.2) is 0 Å². The molecule has 0 radical (unpaired) electrons. The highest BCUT2D eigenvalue weighted by atomic mass is 79.9. The molecule has 8 heteroatoms. The van der Waals surface area contributed by atoms with Gasteiger partial charge in [-0.1, -0.05) is 49.5 Å². The molecule has 0 spiro atoms. The number of benzene rings is 1. The largest absolute Gasteiger partial charge is 0.322 e. The molecule has 0 aliphatic heterocycles. The first-order valence-corrected chi connectivity index (χ1v) is 9.69. The molecule has 1 aromatic carbocycles. The van der Waals surface area contributed by atoms with Gasteiger partial charge in [-0.15, -0.1) is 0 Å². The molecule has 2 aromatic rings. The second kappa shape index (κ2) is 6.35. The lowest BCUT2D eigenvalue weighted by Gasteiger charge is -2.13. The molecule has 1 saturated carbocycles. The van der Waals surface area contributed by atoms with Gasteiger partial charge >= 0.3 is 0 Å². The van der Waals surface area contributed by atoms with Crippen LogP contribution in [0.4, 0.5) is 10.1 Å². The Kier molecular flexibility index (Phi) is 4.79. The molecular weight excluding hydrogens is 476 g/mol. The number of nitrogens with zero attached hydrogens (tertiary/aromatic N) is 2. The van der Waals surface area contributed by atoms with Crippen molar-refractivity contribution in [2.45, 2.75) is 37.0 Å². The Labute approximate surface area is 167 Å². The standard InChI is InChI=1S/C17H17Br2ClFN3O/c1-9-14(22-15(25)16(3)8-17(16,18)19)10(2)24(23-9)7-11-12(20)5-4-6-13(11)21/h4-6H,7-8H2,1-3H3,(H,22,25)/t16-/m0/s1. The van der Waals surface area contributed by atoms with Crippen molar-refractivity contribution in [1.29, 1.82) is 0 Å². The summed E-state index contributed by atoms with van der Waals surface area (Å²) in [6, 6.07) is 4.58. The molecule has 1 N–H and O–H groups in total. The second-order valence-corrected chi connectivity index (χ2v) is 10.7. The zero-order valence-corrected chi connectivity index (χ0v) is 17.9. The summed E-state index contributed by atoms with van der Waals surface area (Å²) in [5.74, 6) is -0.463. The quantitative estimate of drug-likeness (QED) is 0.597. The number of halogens is 4. The van der Waals surface area contributed by atoms with Gasteiger partial charge in [-0.2, -0.15) is 5.10 Å². The van der Waals surface area contributed by atoms with E-state index in [0.29, 0.717) is 28.4 Å². The molecule has 0 saturated heterocycles. The van der Waals surface area contributed by atoms with E-state index in [1.54, 1.807) is 16.8 Å². The molecule has 1 aliphatic rings. The molecule has 1 fully saturated rings. The molecule has 0 bridgehead atoms. The van der Waals surface area contributed by atoms with Crippen LogP contribution in [-0.2, 0) is 11.3 Å². The van der Waals surface area contributed by atoms with Gasteiger partial charge in [0.2, 0.25) is 5.91 Å². The van der Waals surface area contributed by atoms with Crippen molar-refractivity contribution >= 4 is 55.1 Å². The monoisotopic (exact) mass is 491 g/mol. The normalized spacial score (nSPS) is 21.2. The highest BCUT2D eigenvalue weighted by Gasteiger charge is 2.66. The number of anilines is 1. The number of hydrogen-bond acceptors (Lipinski definition) is 2. The minimum absolute atomic E-state index is 0.0871. The van der Waals surface area contributed by atoms with Gasteiger partial charge < -0.3 is 5.32 Å². The Balaban J connectivity index is 1.86.